The van der Waals surface area contributed by atoms with Gasteiger partial charge >= 0.3 is 0 Å². The van der Waals surface area contributed by atoms with Gasteiger partial charge in [0.15, 0.2) is 12.6 Å². The minimum absolute atomic E-state index is 0.618. The molecule has 3 aromatic carbocycles. The monoisotopic (exact) mass is 234 g/mol. The van der Waals surface area contributed by atoms with Gasteiger partial charge in [-0.2, -0.15) is 0 Å². The van der Waals surface area contributed by atoms with E-state index in [4.69, 9.17) is 0 Å². The smallest absolute Gasteiger partial charge is 0.150 e. The molecule has 0 unspecified atom stereocenters. The van der Waals surface area contributed by atoms with Crippen LogP contribution in [0.4, 0.5) is 0 Å². The number of benzene rings is 3. The largest absolute Gasteiger partial charge is 0.298 e. The first kappa shape index (κ1) is 10.7. The van der Waals surface area contributed by atoms with E-state index < -0.39 is 0 Å². The van der Waals surface area contributed by atoms with Crippen molar-refractivity contribution in [1.29, 1.82) is 0 Å². The van der Waals surface area contributed by atoms with Crippen LogP contribution >= 0.6 is 0 Å². The Balaban J connectivity index is 2.66. The molecule has 0 aromatic heterocycles. The molecule has 0 atom stereocenters. The third kappa shape index (κ3) is 1.43. The Hall–Kier alpha value is -2.48. The summed E-state index contributed by atoms with van der Waals surface area (Å²) in [5, 5.41) is 3.66. The molecule has 0 spiro atoms. The van der Waals surface area contributed by atoms with E-state index in [1.165, 1.54) is 0 Å². The van der Waals surface area contributed by atoms with E-state index in [2.05, 4.69) is 0 Å². The van der Waals surface area contributed by atoms with Gasteiger partial charge in [-0.1, -0.05) is 48.5 Å². The van der Waals surface area contributed by atoms with Gasteiger partial charge < -0.3 is 0 Å². The van der Waals surface area contributed by atoms with Gasteiger partial charge in [-0.15, -0.1) is 0 Å². The zero-order valence-corrected chi connectivity index (χ0v) is 9.59. The van der Waals surface area contributed by atoms with E-state index >= 15 is 0 Å². The van der Waals surface area contributed by atoms with Crippen LogP contribution in [0.25, 0.3) is 21.5 Å². The number of hydrogen-bond acceptors (Lipinski definition) is 2. The van der Waals surface area contributed by atoms with Crippen molar-refractivity contribution in [2.75, 3.05) is 0 Å². The molecule has 0 aliphatic heterocycles. The van der Waals surface area contributed by atoms with Crippen molar-refractivity contribution in [2.45, 2.75) is 0 Å². The third-order valence-electron chi connectivity index (χ3n) is 3.20. The lowest BCUT2D eigenvalue weighted by molar-refractivity contribution is 0.111. The molecule has 18 heavy (non-hydrogen) atoms. The maximum absolute atomic E-state index is 11.2. The third-order valence-corrected chi connectivity index (χ3v) is 3.20. The van der Waals surface area contributed by atoms with Gasteiger partial charge in [0.2, 0.25) is 0 Å². The molecule has 2 heteroatoms. The van der Waals surface area contributed by atoms with Crippen LogP contribution in [0, 0.1) is 0 Å². The zero-order valence-electron chi connectivity index (χ0n) is 9.59. The molecule has 0 aliphatic rings. The highest BCUT2D eigenvalue weighted by atomic mass is 16.1. The average molecular weight is 234 g/mol. The lowest BCUT2D eigenvalue weighted by Gasteiger charge is -2.08. The molecule has 3 aromatic rings. The van der Waals surface area contributed by atoms with Gasteiger partial charge in [-0.25, -0.2) is 0 Å². The lowest BCUT2D eigenvalue weighted by Crippen LogP contribution is -1.89. The summed E-state index contributed by atoms with van der Waals surface area (Å²) < 4.78 is 0. The second-order valence-corrected chi connectivity index (χ2v) is 4.19. The molecule has 0 fully saturated rings. The predicted octanol–water partition coefficient (Wildman–Crippen LogP) is 3.62. The fraction of sp³-hybridized carbons (Fsp3) is 0. The molecule has 0 heterocycles. The van der Waals surface area contributed by atoms with E-state index in [0.29, 0.717) is 11.1 Å². The van der Waals surface area contributed by atoms with Crippen molar-refractivity contribution in [3.8, 4) is 0 Å². The van der Waals surface area contributed by atoms with Gasteiger partial charge in [-0.3, -0.25) is 9.59 Å². The second kappa shape index (κ2) is 4.08. The van der Waals surface area contributed by atoms with Crippen LogP contribution in [0.2, 0.25) is 0 Å². The summed E-state index contributed by atoms with van der Waals surface area (Å²) in [6, 6.07) is 15.1. The van der Waals surface area contributed by atoms with Gasteiger partial charge in [0.05, 0.1) is 0 Å². The molecular formula is C16H10O2. The van der Waals surface area contributed by atoms with Crippen molar-refractivity contribution in [1.82, 2.24) is 0 Å². The molecule has 0 saturated heterocycles. The predicted molar refractivity (Wildman–Crippen MR) is 72.2 cm³/mol. The number of aldehydes is 2. The fourth-order valence-electron chi connectivity index (χ4n) is 2.41. The van der Waals surface area contributed by atoms with Crippen LogP contribution in [0.3, 0.4) is 0 Å². The van der Waals surface area contributed by atoms with E-state index in [9.17, 15) is 9.59 Å². The highest BCUT2D eigenvalue weighted by Gasteiger charge is 2.08. The molecule has 0 N–H and O–H groups in total. The molecule has 86 valence electrons. The SMILES string of the molecule is O=Cc1cccc2ccc3cccc(C=O)c3c12. The quantitative estimate of drug-likeness (QED) is 0.501. The average Bonchev–Trinajstić information content (AvgIpc) is 2.45. The molecule has 0 aliphatic carbocycles. The molecule has 0 bridgehead atoms. The van der Waals surface area contributed by atoms with Crippen LogP contribution in [0.15, 0.2) is 48.5 Å². The minimum atomic E-state index is 0.618. The first-order valence-corrected chi connectivity index (χ1v) is 5.70. The normalized spacial score (nSPS) is 10.7. The summed E-state index contributed by atoms with van der Waals surface area (Å²) in [7, 11) is 0. The van der Waals surface area contributed by atoms with Crippen molar-refractivity contribution < 1.29 is 9.59 Å². The summed E-state index contributed by atoms with van der Waals surface area (Å²) in [5.41, 5.74) is 1.24. The van der Waals surface area contributed by atoms with E-state index in [-0.39, 0.29) is 0 Å². The number of carbonyl (C=O) groups excluding carboxylic acids is 2. The lowest BCUT2D eigenvalue weighted by atomic mass is 9.95. The molecule has 2 nitrogen and oxygen atoms in total. The van der Waals surface area contributed by atoms with Gasteiger partial charge in [0.1, 0.15) is 0 Å². The van der Waals surface area contributed by atoms with E-state index in [0.717, 1.165) is 34.1 Å². The number of hydrogen-bond donors (Lipinski definition) is 0. The molecule has 0 amide bonds. The summed E-state index contributed by atoms with van der Waals surface area (Å²) >= 11 is 0. The first-order chi connectivity index (χ1) is 8.85. The summed E-state index contributed by atoms with van der Waals surface area (Å²) in [6.45, 7) is 0. The molecule has 0 radical (unpaired) electrons. The number of rotatable bonds is 2. The van der Waals surface area contributed by atoms with Crippen LogP contribution in [0.5, 0.6) is 0 Å². The zero-order chi connectivity index (χ0) is 12.5. The van der Waals surface area contributed by atoms with Crippen molar-refractivity contribution in [2.24, 2.45) is 0 Å². The minimum Gasteiger partial charge on any atom is -0.298 e. The Kier molecular flexibility index (Phi) is 2.41. The Morgan fingerprint density at radius 1 is 0.611 bits per heavy atom. The fourth-order valence-corrected chi connectivity index (χ4v) is 2.41. The second-order valence-electron chi connectivity index (χ2n) is 4.19. The topological polar surface area (TPSA) is 34.1 Å². The van der Waals surface area contributed by atoms with Crippen LogP contribution < -0.4 is 0 Å². The highest BCUT2D eigenvalue weighted by molar-refractivity contribution is 6.18. The Bertz CT molecular complexity index is 706. The maximum Gasteiger partial charge on any atom is 0.150 e. The highest BCUT2D eigenvalue weighted by Crippen LogP contribution is 2.29. The standard InChI is InChI=1S/C16H10O2/c17-9-13-5-1-3-11-7-8-12-4-2-6-14(10-18)16(12)15(11)13/h1-10H. The Morgan fingerprint density at radius 3 is 1.44 bits per heavy atom. The summed E-state index contributed by atoms with van der Waals surface area (Å²) in [5.74, 6) is 0. The van der Waals surface area contributed by atoms with Gasteiger partial charge in [0, 0.05) is 21.9 Å². The molecule has 3 rings (SSSR count). The molecule has 0 saturated carbocycles. The molecular weight excluding hydrogens is 224 g/mol. The Morgan fingerprint density at radius 2 is 1.06 bits per heavy atom. The van der Waals surface area contributed by atoms with Crippen molar-refractivity contribution >= 4 is 34.1 Å². The Labute approximate surface area is 104 Å². The summed E-state index contributed by atoms with van der Waals surface area (Å²) in [6.07, 6.45) is 1.67. The van der Waals surface area contributed by atoms with Gasteiger partial charge in [0.25, 0.3) is 0 Å². The maximum atomic E-state index is 11.2. The van der Waals surface area contributed by atoms with E-state index in [1.54, 1.807) is 12.1 Å². The van der Waals surface area contributed by atoms with Crippen LogP contribution in [0.1, 0.15) is 20.7 Å². The number of carbonyl (C=O) groups is 2. The van der Waals surface area contributed by atoms with Crippen LogP contribution in [-0.4, -0.2) is 12.6 Å². The van der Waals surface area contributed by atoms with Crippen LogP contribution in [-0.2, 0) is 0 Å². The van der Waals surface area contributed by atoms with E-state index in [1.807, 2.05) is 36.4 Å². The number of fused-ring (bicyclic) bond motifs is 3. The first-order valence-electron chi connectivity index (χ1n) is 5.70. The van der Waals surface area contributed by atoms with Crippen molar-refractivity contribution in [3.05, 3.63) is 59.7 Å². The van der Waals surface area contributed by atoms with Gasteiger partial charge in [-0.05, 0) is 10.8 Å². The summed E-state index contributed by atoms with van der Waals surface area (Å²) in [4.78, 5) is 22.4. The van der Waals surface area contributed by atoms with Crippen molar-refractivity contribution in [3.63, 3.8) is 0 Å².